The summed E-state index contributed by atoms with van der Waals surface area (Å²) in [5.41, 5.74) is 2.13. The van der Waals surface area contributed by atoms with Crippen LogP contribution in [-0.2, 0) is 0 Å². The zero-order valence-electron chi connectivity index (χ0n) is 14.1. The third-order valence-corrected chi connectivity index (χ3v) is 4.47. The van der Waals surface area contributed by atoms with Gasteiger partial charge in [-0.3, -0.25) is 9.59 Å². The lowest BCUT2D eigenvalue weighted by molar-refractivity contribution is 0.0833. The summed E-state index contributed by atoms with van der Waals surface area (Å²) in [5.74, 6) is -0.990. The summed E-state index contributed by atoms with van der Waals surface area (Å²) in [4.78, 5) is 26.1. The molecule has 2 unspecified atom stereocenters. The smallest absolute Gasteiger partial charge is 0.171 e. The van der Waals surface area contributed by atoms with Gasteiger partial charge in [0.15, 0.2) is 11.6 Å². The summed E-state index contributed by atoms with van der Waals surface area (Å²) in [6, 6.07) is 27.9. The van der Waals surface area contributed by atoms with Gasteiger partial charge in [0.1, 0.15) is 0 Å². The Labute approximate surface area is 148 Å². The van der Waals surface area contributed by atoms with Crippen molar-refractivity contribution < 1.29 is 9.59 Å². The van der Waals surface area contributed by atoms with E-state index in [1.165, 1.54) is 0 Å². The van der Waals surface area contributed by atoms with E-state index in [9.17, 15) is 9.59 Å². The quantitative estimate of drug-likeness (QED) is 0.585. The number of hydrogen-bond acceptors (Lipinski definition) is 2. The fraction of sp³-hybridized carbons (Fsp3) is 0.130. The summed E-state index contributed by atoms with van der Waals surface area (Å²) in [6.45, 7) is 1.84. The van der Waals surface area contributed by atoms with Crippen molar-refractivity contribution in [3.05, 3.63) is 108 Å². The Kier molecular flexibility index (Phi) is 5.20. The third-order valence-electron chi connectivity index (χ3n) is 4.47. The van der Waals surface area contributed by atoms with Crippen LogP contribution in [0.1, 0.15) is 39.1 Å². The standard InChI is InChI=1S/C23H20O2/c1-17(22(24)19-13-7-3-8-14-19)21(18-11-5-2-6-12-18)23(25)20-15-9-4-10-16-20/h2-17,21H,1H3. The molecule has 0 aliphatic heterocycles. The molecular formula is C23H20O2. The summed E-state index contributed by atoms with van der Waals surface area (Å²) in [7, 11) is 0. The first-order valence-corrected chi connectivity index (χ1v) is 8.42. The monoisotopic (exact) mass is 328 g/mol. The molecule has 0 aromatic heterocycles. The van der Waals surface area contributed by atoms with Crippen LogP contribution in [0, 0.1) is 5.92 Å². The van der Waals surface area contributed by atoms with E-state index in [1.54, 1.807) is 24.3 Å². The van der Waals surface area contributed by atoms with Gasteiger partial charge in [-0.1, -0.05) is 97.9 Å². The van der Waals surface area contributed by atoms with Crippen molar-refractivity contribution >= 4 is 11.6 Å². The molecule has 3 aromatic carbocycles. The van der Waals surface area contributed by atoms with Crippen molar-refractivity contribution in [3.8, 4) is 0 Å². The summed E-state index contributed by atoms with van der Waals surface area (Å²) < 4.78 is 0. The molecule has 3 rings (SSSR count). The summed E-state index contributed by atoms with van der Waals surface area (Å²) >= 11 is 0. The molecule has 25 heavy (non-hydrogen) atoms. The van der Waals surface area contributed by atoms with Crippen molar-refractivity contribution in [2.75, 3.05) is 0 Å². The van der Waals surface area contributed by atoms with Crippen LogP contribution in [0.4, 0.5) is 0 Å². The molecule has 0 aliphatic rings. The zero-order chi connectivity index (χ0) is 17.6. The SMILES string of the molecule is CC(C(=O)c1ccccc1)C(C(=O)c1ccccc1)c1ccccc1. The van der Waals surface area contributed by atoms with Gasteiger partial charge in [0, 0.05) is 17.0 Å². The molecule has 124 valence electrons. The first-order chi connectivity index (χ1) is 12.2. The fourth-order valence-electron chi connectivity index (χ4n) is 3.13. The highest BCUT2D eigenvalue weighted by Gasteiger charge is 2.32. The van der Waals surface area contributed by atoms with Gasteiger partial charge in [-0.25, -0.2) is 0 Å². The van der Waals surface area contributed by atoms with Crippen molar-refractivity contribution in [1.29, 1.82) is 0 Å². The van der Waals surface area contributed by atoms with Crippen molar-refractivity contribution in [1.82, 2.24) is 0 Å². The maximum absolute atomic E-state index is 13.2. The minimum atomic E-state index is -0.503. The van der Waals surface area contributed by atoms with E-state index in [1.807, 2.05) is 73.7 Å². The van der Waals surface area contributed by atoms with Gasteiger partial charge in [0.05, 0.1) is 5.92 Å². The molecule has 0 saturated carbocycles. The van der Waals surface area contributed by atoms with Gasteiger partial charge >= 0.3 is 0 Å². The average molecular weight is 328 g/mol. The topological polar surface area (TPSA) is 34.1 Å². The Bertz CT molecular complexity index is 839. The molecule has 0 aliphatic carbocycles. The summed E-state index contributed by atoms with van der Waals surface area (Å²) in [5, 5.41) is 0. The number of ketones is 2. The molecule has 0 bridgehead atoms. The number of benzene rings is 3. The molecule has 0 spiro atoms. The molecule has 0 saturated heterocycles. The van der Waals surface area contributed by atoms with Gasteiger partial charge < -0.3 is 0 Å². The van der Waals surface area contributed by atoms with Crippen LogP contribution in [0.3, 0.4) is 0 Å². The van der Waals surface area contributed by atoms with Gasteiger partial charge in [-0.05, 0) is 5.56 Å². The molecule has 2 nitrogen and oxygen atoms in total. The fourth-order valence-corrected chi connectivity index (χ4v) is 3.13. The highest BCUT2D eigenvalue weighted by Crippen LogP contribution is 2.31. The van der Waals surface area contributed by atoms with E-state index >= 15 is 0 Å². The molecule has 0 fully saturated rings. The normalized spacial score (nSPS) is 13.0. The molecular weight excluding hydrogens is 308 g/mol. The molecule has 0 amide bonds. The number of carbonyl (C=O) groups is 2. The highest BCUT2D eigenvalue weighted by atomic mass is 16.1. The lowest BCUT2D eigenvalue weighted by Gasteiger charge is -2.23. The van der Waals surface area contributed by atoms with Gasteiger partial charge in [0.2, 0.25) is 0 Å². The van der Waals surface area contributed by atoms with Crippen LogP contribution >= 0.6 is 0 Å². The van der Waals surface area contributed by atoms with E-state index < -0.39 is 11.8 Å². The third kappa shape index (κ3) is 3.74. The maximum Gasteiger partial charge on any atom is 0.171 e. The Morgan fingerprint density at radius 3 is 1.48 bits per heavy atom. The van der Waals surface area contributed by atoms with E-state index in [0.29, 0.717) is 11.1 Å². The first kappa shape index (κ1) is 16.8. The predicted molar refractivity (Wildman–Crippen MR) is 99.9 cm³/mol. The van der Waals surface area contributed by atoms with Crippen molar-refractivity contribution in [2.45, 2.75) is 12.8 Å². The van der Waals surface area contributed by atoms with E-state index in [2.05, 4.69) is 0 Å². The van der Waals surface area contributed by atoms with Gasteiger partial charge in [0.25, 0.3) is 0 Å². The number of carbonyl (C=O) groups excluding carboxylic acids is 2. The second kappa shape index (κ2) is 7.71. The number of rotatable bonds is 6. The Morgan fingerprint density at radius 2 is 1.00 bits per heavy atom. The molecule has 0 N–H and O–H groups in total. The van der Waals surface area contributed by atoms with Crippen LogP contribution in [0.25, 0.3) is 0 Å². The lowest BCUT2D eigenvalue weighted by atomic mass is 9.78. The largest absolute Gasteiger partial charge is 0.294 e. The Morgan fingerprint density at radius 1 is 0.600 bits per heavy atom. The lowest BCUT2D eigenvalue weighted by Crippen LogP contribution is -2.26. The molecule has 0 heterocycles. The van der Waals surface area contributed by atoms with E-state index in [-0.39, 0.29) is 11.6 Å². The van der Waals surface area contributed by atoms with Crippen LogP contribution in [0.15, 0.2) is 91.0 Å². The maximum atomic E-state index is 13.2. The predicted octanol–water partition coefficient (Wildman–Crippen LogP) is 5.17. The van der Waals surface area contributed by atoms with Crippen LogP contribution in [0.2, 0.25) is 0 Å². The second-order valence-corrected chi connectivity index (χ2v) is 6.14. The van der Waals surface area contributed by atoms with E-state index in [4.69, 9.17) is 0 Å². The number of hydrogen-bond donors (Lipinski definition) is 0. The molecule has 3 aromatic rings. The first-order valence-electron chi connectivity index (χ1n) is 8.42. The second-order valence-electron chi connectivity index (χ2n) is 6.14. The average Bonchev–Trinajstić information content (AvgIpc) is 2.69. The van der Waals surface area contributed by atoms with Crippen LogP contribution in [-0.4, -0.2) is 11.6 Å². The minimum Gasteiger partial charge on any atom is -0.294 e. The Hall–Kier alpha value is -3.00. The van der Waals surface area contributed by atoms with Crippen molar-refractivity contribution in [2.24, 2.45) is 5.92 Å². The minimum absolute atomic E-state index is 0.0151. The van der Waals surface area contributed by atoms with Gasteiger partial charge in [-0.15, -0.1) is 0 Å². The van der Waals surface area contributed by atoms with E-state index in [0.717, 1.165) is 5.56 Å². The molecule has 2 heteroatoms. The molecule has 0 radical (unpaired) electrons. The van der Waals surface area contributed by atoms with Crippen molar-refractivity contribution in [3.63, 3.8) is 0 Å². The van der Waals surface area contributed by atoms with Crippen LogP contribution < -0.4 is 0 Å². The molecule has 2 atom stereocenters. The number of Topliss-reactive ketones (excluding diaryl/α,β-unsaturated/α-hetero) is 2. The van der Waals surface area contributed by atoms with Gasteiger partial charge in [-0.2, -0.15) is 0 Å². The Balaban J connectivity index is 2.00. The summed E-state index contributed by atoms with van der Waals surface area (Å²) in [6.07, 6.45) is 0. The highest BCUT2D eigenvalue weighted by molar-refractivity contribution is 6.07. The zero-order valence-corrected chi connectivity index (χ0v) is 14.1. The van der Waals surface area contributed by atoms with Crippen LogP contribution in [0.5, 0.6) is 0 Å².